The third-order valence-corrected chi connectivity index (χ3v) is 4.51. The van der Waals surface area contributed by atoms with E-state index in [-0.39, 0.29) is 11.4 Å². The minimum atomic E-state index is -5.75. The fourth-order valence-corrected chi connectivity index (χ4v) is 2.81. The molecule has 0 atom stereocenters. The number of rotatable bonds is 5. The van der Waals surface area contributed by atoms with E-state index >= 15 is 0 Å². The van der Waals surface area contributed by atoms with Gasteiger partial charge >= 0.3 is 12.1 Å². The van der Waals surface area contributed by atoms with E-state index in [1.54, 1.807) is 0 Å². The van der Waals surface area contributed by atoms with Crippen LogP contribution in [0.2, 0.25) is 0 Å². The molecule has 1 saturated carbocycles. The van der Waals surface area contributed by atoms with Crippen LogP contribution in [0.3, 0.4) is 0 Å². The van der Waals surface area contributed by atoms with Gasteiger partial charge in [-0.2, -0.15) is 22.0 Å². The summed E-state index contributed by atoms with van der Waals surface area (Å²) >= 11 is 0. The monoisotopic (exact) mass is 406 g/mol. The van der Waals surface area contributed by atoms with Gasteiger partial charge in [0.05, 0.1) is 11.0 Å². The predicted octanol–water partition coefficient (Wildman–Crippen LogP) is 4.36. The highest BCUT2D eigenvalue weighted by Crippen LogP contribution is 2.63. The maximum atomic E-state index is 14.3. The number of hydrogen-bond donors (Lipinski definition) is 2. The van der Waals surface area contributed by atoms with Gasteiger partial charge in [0.15, 0.2) is 11.6 Å². The molecular weight excluding hydrogens is 394 g/mol. The molecule has 1 fully saturated rings. The molecule has 1 heterocycles. The molecule has 150 valence electrons. The number of nitrogens with zero attached hydrogens (tertiary/aromatic N) is 1. The van der Waals surface area contributed by atoms with Crippen molar-refractivity contribution in [1.29, 1.82) is 0 Å². The number of aromatic nitrogens is 1. The molecule has 2 N–H and O–H groups in total. The molecule has 0 saturated heterocycles. The van der Waals surface area contributed by atoms with Crippen molar-refractivity contribution in [2.75, 3.05) is 0 Å². The van der Waals surface area contributed by atoms with Gasteiger partial charge in [0.1, 0.15) is 0 Å². The zero-order chi connectivity index (χ0) is 20.7. The van der Waals surface area contributed by atoms with Crippen molar-refractivity contribution in [3.8, 4) is 11.6 Å². The van der Waals surface area contributed by atoms with Crippen LogP contribution in [0.15, 0.2) is 36.5 Å². The van der Waals surface area contributed by atoms with Crippen molar-refractivity contribution in [2.45, 2.75) is 30.4 Å². The highest BCUT2D eigenvalue weighted by atomic mass is 19.4. The summed E-state index contributed by atoms with van der Waals surface area (Å²) in [6, 6.07) is 4.88. The summed E-state index contributed by atoms with van der Waals surface area (Å²) in [7, 11) is 0. The average Bonchev–Trinajstić information content (AvgIpc) is 3.45. The van der Waals surface area contributed by atoms with Gasteiger partial charge in [0, 0.05) is 12.3 Å². The molecule has 1 aliphatic rings. The van der Waals surface area contributed by atoms with Crippen molar-refractivity contribution in [3.63, 3.8) is 0 Å². The molecule has 0 aliphatic heterocycles. The molecule has 1 aromatic carbocycles. The average molecular weight is 406 g/mol. The van der Waals surface area contributed by atoms with Gasteiger partial charge in [0.2, 0.25) is 5.88 Å². The Morgan fingerprint density at radius 2 is 1.82 bits per heavy atom. The van der Waals surface area contributed by atoms with Gasteiger partial charge in [0.25, 0.3) is 5.91 Å². The Hall–Kier alpha value is -2.82. The maximum absolute atomic E-state index is 14.3. The summed E-state index contributed by atoms with van der Waals surface area (Å²) in [5.74, 6) is -7.57. The zero-order valence-corrected chi connectivity index (χ0v) is 13.9. The highest BCUT2D eigenvalue weighted by molar-refractivity contribution is 5.92. The summed E-state index contributed by atoms with van der Waals surface area (Å²) < 4.78 is 85.2. The van der Waals surface area contributed by atoms with Crippen LogP contribution in [0.5, 0.6) is 11.6 Å². The predicted molar refractivity (Wildman–Crippen MR) is 81.9 cm³/mol. The Morgan fingerprint density at radius 1 is 1.14 bits per heavy atom. The first kappa shape index (κ1) is 19.9. The molecule has 0 bridgehead atoms. The first-order valence-electron chi connectivity index (χ1n) is 7.85. The topological polar surface area (TPSA) is 71.5 Å². The number of alkyl halides is 5. The lowest BCUT2D eigenvalue weighted by Gasteiger charge is -2.29. The zero-order valence-electron chi connectivity index (χ0n) is 13.9. The van der Waals surface area contributed by atoms with Crippen LogP contribution in [0.25, 0.3) is 0 Å². The van der Waals surface area contributed by atoms with E-state index in [4.69, 9.17) is 9.94 Å². The molecule has 1 aromatic heterocycles. The summed E-state index contributed by atoms with van der Waals surface area (Å²) in [6.07, 6.45) is -5.57. The van der Waals surface area contributed by atoms with E-state index in [9.17, 15) is 31.1 Å². The number of nitrogens with one attached hydrogen (secondary N) is 1. The van der Waals surface area contributed by atoms with Gasteiger partial charge in [-0.3, -0.25) is 10.0 Å². The second-order valence-corrected chi connectivity index (χ2v) is 6.23. The number of halogens is 6. The molecule has 28 heavy (non-hydrogen) atoms. The first-order valence-corrected chi connectivity index (χ1v) is 7.85. The number of amides is 1. The van der Waals surface area contributed by atoms with Crippen LogP contribution in [0.1, 0.15) is 28.8 Å². The second-order valence-electron chi connectivity index (χ2n) is 6.23. The lowest BCUT2D eigenvalue weighted by Crippen LogP contribution is -2.47. The van der Waals surface area contributed by atoms with Crippen molar-refractivity contribution in [1.82, 2.24) is 10.5 Å². The Kier molecular flexibility index (Phi) is 4.74. The van der Waals surface area contributed by atoms with Crippen molar-refractivity contribution in [2.24, 2.45) is 0 Å². The molecule has 11 heteroatoms. The summed E-state index contributed by atoms with van der Waals surface area (Å²) in [6.45, 7) is 0. The van der Waals surface area contributed by atoms with E-state index in [0.29, 0.717) is 6.07 Å². The van der Waals surface area contributed by atoms with Crippen molar-refractivity contribution >= 4 is 5.91 Å². The Balaban J connectivity index is 1.83. The summed E-state index contributed by atoms with van der Waals surface area (Å²) in [5, 5.41) is 8.50. The second kappa shape index (κ2) is 6.66. The molecular formula is C17H12F6N2O3. The molecule has 0 spiro atoms. The lowest BCUT2D eigenvalue weighted by atomic mass is 9.88. The van der Waals surface area contributed by atoms with E-state index in [1.165, 1.54) is 17.6 Å². The molecule has 2 aromatic rings. The summed E-state index contributed by atoms with van der Waals surface area (Å²) in [4.78, 5) is 14.9. The normalized spacial score (nSPS) is 15.8. The SMILES string of the molecule is O=C(NO)c1ccc(Oc2ccc(C3(C(F)(F)C(F)(F)F)CC3)cc2F)nc1. The number of benzene rings is 1. The Bertz CT molecular complexity index is 895. The number of carbonyl (C=O) groups excluding carboxylic acids is 1. The highest BCUT2D eigenvalue weighted by Gasteiger charge is 2.75. The smallest absolute Gasteiger partial charge is 0.436 e. The number of hydroxylamine groups is 1. The summed E-state index contributed by atoms with van der Waals surface area (Å²) in [5.41, 5.74) is -1.58. The molecule has 1 amide bonds. The number of pyridine rings is 1. The van der Waals surface area contributed by atoms with Crippen LogP contribution in [-0.4, -0.2) is 28.2 Å². The van der Waals surface area contributed by atoms with Gasteiger partial charge < -0.3 is 4.74 Å². The first-order chi connectivity index (χ1) is 13.0. The van der Waals surface area contributed by atoms with Gasteiger partial charge in [-0.05, 0) is 36.6 Å². The van der Waals surface area contributed by atoms with Gasteiger partial charge in [-0.15, -0.1) is 0 Å². The third kappa shape index (κ3) is 3.26. The van der Waals surface area contributed by atoms with Crippen LogP contribution < -0.4 is 10.2 Å². The van der Waals surface area contributed by atoms with Gasteiger partial charge in [-0.25, -0.2) is 14.9 Å². The van der Waals surface area contributed by atoms with Gasteiger partial charge in [-0.1, -0.05) is 6.07 Å². The molecule has 0 radical (unpaired) electrons. The van der Waals surface area contributed by atoms with Crippen molar-refractivity contribution < 1.29 is 41.1 Å². The Labute approximate surface area is 153 Å². The lowest BCUT2D eigenvalue weighted by molar-refractivity contribution is -0.296. The molecule has 3 rings (SSSR count). The molecule has 1 aliphatic carbocycles. The number of carbonyl (C=O) groups is 1. The maximum Gasteiger partial charge on any atom is 0.454 e. The standard InChI is InChI=1S/C17H12F6N2O3/c18-11-7-10(15(5-6-15)16(19,20)17(21,22)23)2-3-12(11)28-13-4-1-9(8-24-13)14(26)25-27/h1-4,7-8,27H,5-6H2,(H,25,26). The van der Waals surface area contributed by atoms with E-state index < -0.39 is 53.4 Å². The van der Waals surface area contributed by atoms with Crippen LogP contribution >= 0.6 is 0 Å². The minimum absolute atomic E-state index is 0.0178. The quantitative estimate of drug-likeness (QED) is 0.440. The molecule has 5 nitrogen and oxygen atoms in total. The fourth-order valence-electron chi connectivity index (χ4n) is 2.81. The largest absolute Gasteiger partial charge is 0.454 e. The number of hydrogen-bond acceptors (Lipinski definition) is 4. The minimum Gasteiger partial charge on any atom is -0.436 e. The van der Waals surface area contributed by atoms with E-state index in [2.05, 4.69) is 4.98 Å². The van der Waals surface area contributed by atoms with Crippen LogP contribution in [-0.2, 0) is 5.41 Å². The fraction of sp³-hybridized carbons (Fsp3) is 0.294. The Morgan fingerprint density at radius 3 is 2.29 bits per heavy atom. The third-order valence-electron chi connectivity index (χ3n) is 4.51. The van der Waals surface area contributed by atoms with Crippen LogP contribution in [0, 0.1) is 5.82 Å². The number of ether oxygens (including phenoxy) is 1. The van der Waals surface area contributed by atoms with E-state index in [1.807, 2.05) is 0 Å². The van der Waals surface area contributed by atoms with Crippen LogP contribution in [0.4, 0.5) is 26.3 Å². The molecule has 0 unspecified atom stereocenters. The van der Waals surface area contributed by atoms with E-state index in [0.717, 1.165) is 18.3 Å². The van der Waals surface area contributed by atoms with Crippen molar-refractivity contribution in [3.05, 3.63) is 53.5 Å².